The van der Waals surface area contributed by atoms with Crippen molar-refractivity contribution in [1.29, 1.82) is 0 Å². The van der Waals surface area contributed by atoms with Gasteiger partial charge < -0.3 is 24.8 Å². The average molecular weight is 639 g/mol. The lowest BCUT2D eigenvalue weighted by Gasteiger charge is -2.28. The van der Waals surface area contributed by atoms with Crippen molar-refractivity contribution < 1.29 is 31.1 Å². The Morgan fingerprint density at radius 1 is 1.07 bits per heavy atom. The number of rotatable bonds is 11. The van der Waals surface area contributed by atoms with E-state index in [0.717, 1.165) is 38.4 Å². The van der Waals surface area contributed by atoms with E-state index in [-0.39, 0.29) is 30.3 Å². The van der Waals surface area contributed by atoms with E-state index in [4.69, 9.17) is 0 Å². The fraction of sp³-hybridized carbons (Fsp3) is 0.393. The number of aromatic nitrogens is 5. The van der Waals surface area contributed by atoms with Crippen molar-refractivity contribution in [3.8, 4) is 11.3 Å². The summed E-state index contributed by atoms with van der Waals surface area (Å²) in [5, 5.41) is 11.3. The van der Waals surface area contributed by atoms with Gasteiger partial charge in [-0.15, -0.1) is 0 Å². The Bertz CT molecular complexity index is 1740. The number of hydrogen-bond donors (Lipinski definition) is 3. The van der Waals surface area contributed by atoms with E-state index in [1.165, 1.54) is 23.0 Å². The predicted molar refractivity (Wildman–Crippen MR) is 153 cm³/mol. The van der Waals surface area contributed by atoms with Crippen molar-refractivity contribution in [2.45, 2.75) is 38.2 Å². The molecule has 240 valence electrons. The van der Waals surface area contributed by atoms with Crippen molar-refractivity contribution >= 4 is 22.3 Å². The van der Waals surface area contributed by atoms with Crippen LogP contribution in [0.5, 0.6) is 0 Å². The van der Waals surface area contributed by atoms with Crippen LogP contribution in [0.2, 0.25) is 0 Å². The molecule has 0 spiro atoms. The molecule has 11 nitrogen and oxygen atoms in total. The number of H-pyrrole nitrogens is 1. The molecular weight excluding hydrogens is 610 g/mol. The maximum atomic E-state index is 15.2. The number of halogens is 6. The Labute approximate surface area is 251 Å². The SMILES string of the molecule is O=c1[nH]ncc(NC(CCCn2ccc3cc(-c4cnc(N5CCNCC5)cn4)c(F)cc3c2=O)COC(F)F)c1C(F)(F)F. The van der Waals surface area contributed by atoms with Gasteiger partial charge >= 0.3 is 12.8 Å². The van der Waals surface area contributed by atoms with Crippen LogP contribution < -0.4 is 26.7 Å². The normalized spacial score (nSPS) is 14.7. The smallest absolute Gasteiger partial charge is 0.378 e. The van der Waals surface area contributed by atoms with Crippen molar-refractivity contribution in [1.82, 2.24) is 30.0 Å². The number of aromatic amines is 1. The molecule has 17 heteroatoms. The Morgan fingerprint density at radius 3 is 2.53 bits per heavy atom. The lowest BCUT2D eigenvalue weighted by molar-refractivity contribution is -0.138. The van der Waals surface area contributed by atoms with Gasteiger partial charge in [-0.25, -0.2) is 14.5 Å². The monoisotopic (exact) mass is 638 g/mol. The first-order chi connectivity index (χ1) is 21.5. The van der Waals surface area contributed by atoms with Gasteiger partial charge in [-0.05, 0) is 36.4 Å². The van der Waals surface area contributed by atoms with Gasteiger partial charge in [0.05, 0.1) is 42.0 Å². The fourth-order valence-corrected chi connectivity index (χ4v) is 5.10. The molecule has 1 fully saturated rings. The van der Waals surface area contributed by atoms with Crippen LogP contribution in [0.3, 0.4) is 0 Å². The largest absolute Gasteiger partial charge is 0.423 e. The molecule has 0 aliphatic carbocycles. The highest BCUT2D eigenvalue weighted by atomic mass is 19.4. The van der Waals surface area contributed by atoms with E-state index in [0.29, 0.717) is 16.9 Å². The molecule has 1 aromatic carbocycles. The van der Waals surface area contributed by atoms with E-state index < -0.39 is 53.6 Å². The van der Waals surface area contributed by atoms with Gasteiger partial charge in [0.1, 0.15) is 17.2 Å². The third kappa shape index (κ3) is 7.59. The minimum Gasteiger partial charge on any atom is -0.378 e. The first-order valence-corrected chi connectivity index (χ1v) is 13.9. The molecule has 4 aromatic rings. The van der Waals surface area contributed by atoms with Gasteiger partial charge in [-0.3, -0.25) is 14.6 Å². The Balaban J connectivity index is 1.30. The number of ether oxygens (including phenoxy) is 1. The number of hydrogen-bond acceptors (Lipinski definition) is 9. The van der Waals surface area contributed by atoms with Crippen molar-refractivity contribution in [2.24, 2.45) is 0 Å². The van der Waals surface area contributed by atoms with Crippen molar-refractivity contribution in [3.63, 3.8) is 0 Å². The molecule has 1 saturated heterocycles. The minimum atomic E-state index is -5.04. The van der Waals surface area contributed by atoms with Crippen LogP contribution >= 0.6 is 0 Å². The predicted octanol–water partition coefficient (Wildman–Crippen LogP) is 3.61. The van der Waals surface area contributed by atoms with Crippen LogP contribution in [0.4, 0.5) is 37.8 Å². The van der Waals surface area contributed by atoms with Crippen molar-refractivity contribution in [3.05, 3.63) is 75.1 Å². The van der Waals surface area contributed by atoms with Crippen LogP contribution in [-0.4, -0.2) is 70.2 Å². The average Bonchev–Trinajstić information content (AvgIpc) is 3.01. The Morgan fingerprint density at radius 2 is 1.84 bits per heavy atom. The van der Waals surface area contributed by atoms with Crippen LogP contribution in [0.25, 0.3) is 22.0 Å². The highest BCUT2D eigenvalue weighted by molar-refractivity contribution is 5.86. The number of benzene rings is 1. The molecule has 1 atom stereocenters. The van der Waals surface area contributed by atoms with E-state index in [9.17, 15) is 31.5 Å². The van der Waals surface area contributed by atoms with Gasteiger partial charge in [0.15, 0.2) is 0 Å². The summed E-state index contributed by atoms with van der Waals surface area (Å²) in [4.78, 5) is 35.8. The number of nitrogens with zero attached hydrogens (tertiary/aromatic N) is 5. The third-order valence-electron chi connectivity index (χ3n) is 7.29. The van der Waals surface area contributed by atoms with Gasteiger partial charge in [-0.2, -0.15) is 27.1 Å². The third-order valence-corrected chi connectivity index (χ3v) is 7.29. The van der Waals surface area contributed by atoms with E-state index in [1.54, 1.807) is 17.4 Å². The lowest BCUT2D eigenvalue weighted by Crippen LogP contribution is -2.43. The number of anilines is 2. The first-order valence-electron chi connectivity index (χ1n) is 13.9. The standard InChI is InChI=1S/C28H28F6N8O3/c29-20-11-18-16(10-19(20)21-12-37-23(14-36-21)41-8-4-35-5-9-41)3-7-42(26(18)44)6-1-2-17(15-45-27(30)31)39-22-13-38-40-25(43)24(22)28(32,33)34/h3,7,10-14,17,27,35H,1-2,4-6,8-9,15H2,(H2,39,40,43). The second-order valence-corrected chi connectivity index (χ2v) is 10.3. The molecule has 5 rings (SSSR count). The summed E-state index contributed by atoms with van der Waals surface area (Å²) < 4.78 is 86.6. The number of piperazine rings is 1. The molecule has 1 unspecified atom stereocenters. The summed E-state index contributed by atoms with van der Waals surface area (Å²) in [6.07, 6.45) is 0.313. The highest BCUT2D eigenvalue weighted by Crippen LogP contribution is 2.32. The van der Waals surface area contributed by atoms with Gasteiger partial charge in [0.25, 0.3) is 11.1 Å². The second-order valence-electron chi connectivity index (χ2n) is 10.3. The van der Waals surface area contributed by atoms with Crippen LogP contribution in [-0.2, 0) is 17.5 Å². The number of nitrogens with one attached hydrogen (secondary N) is 3. The summed E-state index contributed by atoms with van der Waals surface area (Å²) in [6.45, 7) is -0.660. The topological polar surface area (TPSA) is 130 Å². The summed E-state index contributed by atoms with van der Waals surface area (Å²) in [6, 6.07) is 3.11. The van der Waals surface area contributed by atoms with Crippen molar-refractivity contribution in [2.75, 3.05) is 43.0 Å². The molecular formula is C28H28F6N8O3. The zero-order chi connectivity index (χ0) is 32.1. The molecule has 3 N–H and O–H groups in total. The number of pyridine rings is 1. The van der Waals surface area contributed by atoms with Gasteiger partial charge in [-0.1, -0.05) is 0 Å². The summed E-state index contributed by atoms with van der Waals surface area (Å²) >= 11 is 0. The summed E-state index contributed by atoms with van der Waals surface area (Å²) in [5.41, 5.74) is -3.83. The van der Waals surface area contributed by atoms with Crippen LogP contribution in [0.15, 0.2) is 52.6 Å². The molecule has 4 heterocycles. The Kier molecular flexibility index (Phi) is 9.67. The van der Waals surface area contributed by atoms with Gasteiger partial charge in [0, 0.05) is 50.5 Å². The second kappa shape index (κ2) is 13.6. The van der Waals surface area contributed by atoms with Crippen LogP contribution in [0.1, 0.15) is 18.4 Å². The molecule has 3 aromatic heterocycles. The fourth-order valence-electron chi connectivity index (χ4n) is 5.10. The van der Waals surface area contributed by atoms with E-state index in [1.807, 2.05) is 0 Å². The van der Waals surface area contributed by atoms with E-state index in [2.05, 4.69) is 35.3 Å². The maximum Gasteiger partial charge on any atom is 0.423 e. The quantitative estimate of drug-likeness (QED) is 0.211. The molecule has 1 aliphatic heterocycles. The zero-order valence-electron chi connectivity index (χ0n) is 23.6. The maximum absolute atomic E-state index is 15.2. The number of alkyl halides is 5. The minimum absolute atomic E-state index is 0.0306. The van der Waals surface area contributed by atoms with Gasteiger partial charge in [0.2, 0.25) is 0 Å². The molecule has 1 aliphatic rings. The van der Waals surface area contributed by atoms with E-state index >= 15 is 4.39 Å². The number of aryl methyl sites for hydroxylation is 1. The molecule has 0 bridgehead atoms. The first kappa shape index (κ1) is 31.9. The lowest BCUT2D eigenvalue weighted by atomic mass is 10.1. The van der Waals surface area contributed by atoms with Crippen LogP contribution in [0, 0.1) is 5.82 Å². The Hall–Kier alpha value is -4.51. The summed E-state index contributed by atoms with van der Waals surface area (Å²) in [7, 11) is 0. The zero-order valence-corrected chi connectivity index (χ0v) is 23.6. The molecule has 0 saturated carbocycles. The molecule has 45 heavy (non-hydrogen) atoms. The highest BCUT2D eigenvalue weighted by Gasteiger charge is 2.37. The number of fused-ring (bicyclic) bond motifs is 1. The molecule has 0 amide bonds. The summed E-state index contributed by atoms with van der Waals surface area (Å²) in [5.74, 6) is -0.000612. The molecule has 0 radical (unpaired) electrons.